The number of nitrogens with one attached hydrogen (secondary N) is 2. The van der Waals surface area contributed by atoms with E-state index >= 15 is 0 Å². The first kappa shape index (κ1) is 19.9. The molecular weight excluding hydrogens is 350 g/mol. The minimum atomic E-state index is -0.0892. The summed E-state index contributed by atoms with van der Waals surface area (Å²) in [7, 11) is 0. The molecule has 0 saturated carbocycles. The molecule has 0 unspecified atom stereocenters. The van der Waals surface area contributed by atoms with Crippen molar-refractivity contribution in [3.63, 3.8) is 0 Å². The molecule has 1 heterocycles. The number of nitrogens with zero attached hydrogens (tertiary/aromatic N) is 1. The molecule has 0 aromatic heterocycles. The molecule has 0 bridgehead atoms. The number of hydrogen-bond donors (Lipinski definition) is 2. The van der Waals surface area contributed by atoms with Crippen molar-refractivity contribution in [1.29, 1.82) is 0 Å². The van der Waals surface area contributed by atoms with Gasteiger partial charge in [0.25, 0.3) is 0 Å². The predicted molar refractivity (Wildman–Crippen MR) is 112 cm³/mol. The average Bonchev–Trinajstić information content (AvgIpc) is 2.68. The molecule has 0 aliphatic carbocycles. The van der Waals surface area contributed by atoms with Gasteiger partial charge in [0.05, 0.1) is 6.42 Å². The number of carbonyl (C=O) groups is 2. The third-order valence-corrected chi connectivity index (χ3v) is 5.03. The van der Waals surface area contributed by atoms with Crippen LogP contribution in [-0.2, 0) is 24.2 Å². The van der Waals surface area contributed by atoms with E-state index in [9.17, 15) is 9.59 Å². The summed E-state index contributed by atoms with van der Waals surface area (Å²) in [5.41, 5.74) is 4.21. The van der Waals surface area contributed by atoms with Crippen LogP contribution in [0.4, 0.5) is 10.5 Å². The van der Waals surface area contributed by atoms with Crippen LogP contribution in [0, 0.1) is 5.92 Å². The summed E-state index contributed by atoms with van der Waals surface area (Å²) in [6, 6.07) is 15.7. The van der Waals surface area contributed by atoms with Crippen LogP contribution in [0.15, 0.2) is 48.5 Å². The first-order chi connectivity index (χ1) is 13.5. The van der Waals surface area contributed by atoms with Gasteiger partial charge in [0.1, 0.15) is 0 Å². The van der Waals surface area contributed by atoms with E-state index in [0.717, 1.165) is 30.6 Å². The Balaban J connectivity index is 1.49. The SMILES string of the molecule is CC(C)CCNC(=O)Cc1ccc(NC(=O)N2CCc3ccccc3C2)cc1. The maximum Gasteiger partial charge on any atom is 0.322 e. The highest BCUT2D eigenvalue weighted by molar-refractivity contribution is 5.89. The first-order valence-electron chi connectivity index (χ1n) is 9.99. The smallest absolute Gasteiger partial charge is 0.322 e. The number of anilines is 1. The van der Waals surface area contributed by atoms with Crippen LogP contribution in [0.1, 0.15) is 37.0 Å². The van der Waals surface area contributed by atoms with Crippen molar-refractivity contribution in [3.8, 4) is 0 Å². The van der Waals surface area contributed by atoms with Gasteiger partial charge >= 0.3 is 6.03 Å². The van der Waals surface area contributed by atoms with E-state index in [4.69, 9.17) is 0 Å². The lowest BCUT2D eigenvalue weighted by Crippen LogP contribution is -2.38. The number of urea groups is 1. The van der Waals surface area contributed by atoms with E-state index in [1.54, 1.807) is 0 Å². The van der Waals surface area contributed by atoms with Crippen LogP contribution < -0.4 is 10.6 Å². The number of hydrogen-bond acceptors (Lipinski definition) is 2. The van der Waals surface area contributed by atoms with E-state index in [1.807, 2.05) is 41.3 Å². The summed E-state index contributed by atoms with van der Waals surface area (Å²) in [6.45, 7) is 6.35. The van der Waals surface area contributed by atoms with Gasteiger partial charge in [-0.3, -0.25) is 4.79 Å². The molecule has 28 heavy (non-hydrogen) atoms. The van der Waals surface area contributed by atoms with Gasteiger partial charge in [-0.25, -0.2) is 4.79 Å². The van der Waals surface area contributed by atoms with E-state index < -0.39 is 0 Å². The van der Waals surface area contributed by atoms with Gasteiger partial charge in [0, 0.05) is 25.3 Å². The number of benzene rings is 2. The van der Waals surface area contributed by atoms with Gasteiger partial charge in [0.2, 0.25) is 5.91 Å². The fourth-order valence-electron chi connectivity index (χ4n) is 3.33. The fraction of sp³-hybridized carbons (Fsp3) is 0.391. The molecule has 3 rings (SSSR count). The lowest BCUT2D eigenvalue weighted by atomic mass is 10.0. The third kappa shape index (κ3) is 5.59. The quantitative estimate of drug-likeness (QED) is 0.797. The van der Waals surface area contributed by atoms with Crippen molar-refractivity contribution in [2.45, 2.75) is 39.7 Å². The molecular formula is C23H29N3O2. The van der Waals surface area contributed by atoms with Crippen molar-refractivity contribution in [2.75, 3.05) is 18.4 Å². The molecule has 2 aromatic rings. The molecule has 0 spiro atoms. The van der Waals surface area contributed by atoms with E-state index in [2.05, 4.69) is 36.6 Å². The van der Waals surface area contributed by atoms with Crippen LogP contribution in [0.2, 0.25) is 0 Å². The number of amides is 3. The van der Waals surface area contributed by atoms with Gasteiger partial charge in [-0.2, -0.15) is 0 Å². The molecule has 0 saturated heterocycles. The summed E-state index contributed by atoms with van der Waals surface area (Å²) in [5, 5.41) is 5.90. The second-order valence-electron chi connectivity index (χ2n) is 7.78. The molecule has 1 aliphatic heterocycles. The van der Waals surface area contributed by atoms with Gasteiger partial charge in [-0.05, 0) is 47.6 Å². The topological polar surface area (TPSA) is 61.4 Å². The van der Waals surface area contributed by atoms with Crippen LogP contribution in [0.5, 0.6) is 0 Å². The van der Waals surface area contributed by atoms with Gasteiger partial charge < -0.3 is 15.5 Å². The largest absolute Gasteiger partial charge is 0.356 e. The predicted octanol–water partition coefficient (Wildman–Crippen LogP) is 3.98. The Morgan fingerprint density at radius 2 is 1.75 bits per heavy atom. The Kier molecular flexibility index (Phi) is 6.69. The monoisotopic (exact) mass is 379 g/mol. The van der Waals surface area contributed by atoms with Crippen molar-refractivity contribution < 1.29 is 9.59 Å². The fourth-order valence-corrected chi connectivity index (χ4v) is 3.33. The van der Waals surface area contributed by atoms with E-state index in [-0.39, 0.29) is 11.9 Å². The molecule has 2 aromatic carbocycles. The zero-order chi connectivity index (χ0) is 19.9. The number of rotatable bonds is 6. The second-order valence-corrected chi connectivity index (χ2v) is 7.78. The first-order valence-corrected chi connectivity index (χ1v) is 9.99. The number of fused-ring (bicyclic) bond motifs is 1. The second kappa shape index (κ2) is 9.40. The maximum absolute atomic E-state index is 12.6. The van der Waals surface area contributed by atoms with Gasteiger partial charge in [-0.1, -0.05) is 50.2 Å². The minimum absolute atomic E-state index is 0.0319. The highest BCUT2D eigenvalue weighted by Gasteiger charge is 2.20. The summed E-state index contributed by atoms with van der Waals surface area (Å²) in [4.78, 5) is 26.4. The zero-order valence-corrected chi connectivity index (χ0v) is 16.7. The molecule has 3 amide bonds. The molecule has 5 nitrogen and oxygen atoms in total. The van der Waals surface area contributed by atoms with E-state index in [1.165, 1.54) is 11.1 Å². The lowest BCUT2D eigenvalue weighted by Gasteiger charge is -2.29. The standard InChI is InChI=1S/C23H29N3O2/c1-17(2)11-13-24-22(27)15-18-7-9-21(10-8-18)25-23(28)26-14-12-19-5-3-4-6-20(19)16-26/h3-10,17H,11-16H2,1-2H3,(H,24,27)(H,25,28). The average molecular weight is 380 g/mol. The Morgan fingerprint density at radius 1 is 1.04 bits per heavy atom. The van der Waals surface area contributed by atoms with E-state index in [0.29, 0.717) is 25.4 Å². The van der Waals surface area contributed by atoms with Crippen LogP contribution in [0.25, 0.3) is 0 Å². The zero-order valence-electron chi connectivity index (χ0n) is 16.7. The van der Waals surface area contributed by atoms with Crippen molar-refractivity contribution in [1.82, 2.24) is 10.2 Å². The maximum atomic E-state index is 12.6. The molecule has 5 heteroatoms. The van der Waals surface area contributed by atoms with Gasteiger partial charge in [-0.15, -0.1) is 0 Å². The van der Waals surface area contributed by atoms with Crippen molar-refractivity contribution >= 4 is 17.6 Å². The summed E-state index contributed by atoms with van der Waals surface area (Å²) in [6.07, 6.45) is 2.22. The van der Waals surface area contributed by atoms with Crippen molar-refractivity contribution in [2.24, 2.45) is 5.92 Å². The molecule has 1 aliphatic rings. The van der Waals surface area contributed by atoms with Gasteiger partial charge in [0.15, 0.2) is 0 Å². The Bertz CT molecular complexity index is 815. The molecule has 148 valence electrons. The Labute approximate surface area is 167 Å². The van der Waals surface area contributed by atoms with Crippen LogP contribution in [-0.4, -0.2) is 29.9 Å². The minimum Gasteiger partial charge on any atom is -0.356 e. The normalized spacial score (nSPS) is 13.2. The summed E-state index contributed by atoms with van der Waals surface area (Å²) >= 11 is 0. The highest BCUT2D eigenvalue weighted by Crippen LogP contribution is 2.19. The van der Waals surface area contributed by atoms with Crippen molar-refractivity contribution in [3.05, 3.63) is 65.2 Å². The summed E-state index contributed by atoms with van der Waals surface area (Å²) < 4.78 is 0. The molecule has 0 radical (unpaired) electrons. The Hall–Kier alpha value is -2.82. The van der Waals surface area contributed by atoms with Crippen LogP contribution in [0.3, 0.4) is 0 Å². The van der Waals surface area contributed by atoms with Crippen LogP contribution >= 0.6 is 0 Å². The highest BCUT2D eigenvalue weighted by atomic mass is 16.2. The number of carbonyl (C=O) groups excluding carboxylic acids is 2. The Morgan fingerprint density at radius 3 is 2.46 bits per heavy atom. The summed E-state index contributed by atoms with van der Waals surface area (Å²) in [5.74, 6) is 0.612. The third-order valence-electron chi connectivity index (χ3n) is 5.03. The molecule has 0 fully saturated rings. The molecule has 0 atom stereocenters. The molecule has 2 N–H and O–H groups in total. The lowest BCUT2D eigenvalue weighted by molar-refractivity contribution is -0.120.